The lowest BCUT2D eigenvalue weighted by molar-refractivity contribution is -0.332. The number of nitrogens with zero attached hydrogens (tertiary/aromatic N) is 3. The van der Waals surface area contributed by atoms with Gasteiger partial charge in [0.15, 0.2) is 0 Å². The number of aliphatic carboxylic acids is 2. The average molecular weight is 910 g/mol. The topological polar surface area (TPSA) is 206 Å². The number of aromatic amines is 1. The summed E-state index contributed by atoms with van der Waals surface area (Å²) in [5.74, 6) is -5.88. The number of rotatable bonds is 10. The fraction of sp³-hybridized carbons (Fsp3) is 0.462. The molecule has 14 nitrogen and oxygen atoms in total. The molecule has 4 aromatic rings. The number of carbonyl (C=O) groups excluding carboxylic acids is 1. The highest BCUT2D eigenvalue weighted by molar-refractivity contribution is 7.09. The van der Waals surface area contributed by atoms with E-state index in [4.69, 9.17) is 24.5 Å². The van der Waals surface area contributed by atoms with Crippen LogP contribution in [-0.4, -0.2) is 121 Å². The van der Waals surface area contributed by atoms with E-state index in [-0.39, 0.29) is 29.5 Å². The number of aromatic nitrogens is 2. The maximum atomic E-state index is 14.8. The van der Waals surface area contributed by atoms with Gasteiger partial charge in [0.25, 0.3) is 5.91 Å². The van der Waals surface area contributed by atoms with E-state index in [9.17, 15) is 54.9 Å². The van der Waals surface area contributed by atoms with E-state index in [1.165, 1.54) is 28.4 Å². The van der Waals surface area contributed by atoms with Gasteiger partial charge in [-0.05, 0) is 54.6 Å². The van der Waals surface area contributed by atoms with E-state index in [1.54, 1.807) is 17.5 Å². The molecule has 6 N–H and O–H groups in total. The molecule has 23 heteroatoms. The van der Waals surface area contributed by atoms with Crippen LogP contribution >= 0.6 is 11.3 Å². The molecule has 1 atom stereocenters. The van der Waals surface area contributed by atoms with Crippen molar-refractivity contribution in [3.63, 3.8) is 0 Å². The third kappa shape index (κ3) is 13.9. The molecule has 2 aliphatic rings. The number of H-pyrrole nitrogens is 1. The zero-order valence-corrected chi connectivity index (χ0v) is 33.8. The van der Waals surface area contributed by atoms with Crippen LogP contribution in [0.3, 0.4) is 0 Å². The lowest BCUT2D eigenvalue weighted by Crippen LogP contribution is -2.62. The Labute approximate surface area is 351 Å². The number of hydrogen-bond acceptors (Lipinski definition) is 11. The Hall–Kier alpha value is -5.23. The fourth-order valence-corrected chi connectivity index (χ4v) is 7.42. The number of benzene rings is 2. The number of phenolic OH excluding ortho intramolecular Hbond substituents is 1. The van der Waals surface area contributed by atoms with Gasteiger partial charge in [0.2, 0.25) is 5.56 Å². The number of aliphatic hydroxyl groups excluding tert-OH is 1. The molecule has 2 saturated heterocycles. The number of hydrogen-bond donors (Lipinski definition) is 6. The van der Waals surface area contributed by atoms with Crippen LogP contribution in [0.15, 0.2) is 58.7 Å². The van der Waals surface area contributed by atoms with Crippen molar-refractivity contribution in [1.29, 1.82) is 0 Å². The lowest BCUT2D eigenvalue weighted by Gasteiger charge is -2.49. The van der Waals surface area contributed by atoms with Crippen molar-refractivity contribution in [2.75, 3.05) is 39.3 Å². The molecule has 0 unspecified atom stereocenters. The highest BCUT2D eigenvalue weighted by Crippen LogP contribution is 2.39. The summed E-state index contributed by atoms with van der Waals surface area (Å²) in [6, 6.07) is 14.3. The van der Waals surface area contributed by atoms with Gasteiger partial charge in [-0.1, -0.05) is 44.2 Å². The molecule has 2 fully saturated rings. The normalized spacial score (nSPS) is 16.9. The second-order valence-corrected chi connectivity index (χ2v) is 15.7. The highest BCUT2D eigenvalue weighted by Gasteiger charge is 2.52. The van der Waals surface area contributed by atoms with Crippen molar-refractivity contribution >= 4 is 40.1 Å². The van der Waals surface area contributed by atoms with Crippen LogP contribution in [0, 0.1) is 0 Å². The molecule has 2 aromatic heterocycles. The standard InChI is InChI=1S/C35H41F2N5O5S.2C2HF3O2/c1-22(2)32-39-27(19-48-32)33(46)42-20-34(47-35(36,37)21-42)11-14-41(15-12-34)18-24-5-3-4-23(16-24)10-13-38-17-29(44)25-6-8-28(43)31-26(25)7-9-30(45)40-31;2*3-2(4,5)1(6)7/h3-9,16,19,22,29,38,43-44H,10-15,17-18,20-21H2,1-2H3,(H,40,45);2*(H,6,7)/t29-;;/m0../s1. The number of aromatic hydroxyl groups is 1. The van der Waals surface area contributed by atoms with Crippen LogP contribution in [0.2, 0.25) is 0 Å². The number of fused-ring (bicyclic) bond motifs is 1. The number of likely N-dealkylation sites (tertiary alicyclic amines) is 1. The second-order valence-electron chi connectivity index (χ2n) is 14.8. The minimum absolute atomic E-state index is 0.0507. The molecule has 2 aromatic carbocycles. The predicted octanol–water partition coefficient (Wildman–Crippen LogP) is 6.05. The van der Waals surface area contributed by atoms with E-state index in [1.807, 2.05) is 26.0 Å². The Balaban J connectivity index is 0.000000521. The molecule has 6 rings (SSSR count). The number of carboxylic acids is 2. The second kappa shape index (κ2) is 20.3. The fourth-order valence-electron chi connectivity index (χ4n) is 6.62. The largest absolute Gasteiger partial charge is 0.506 e. The first kappa shape index (κ1) is 49.4. The first-order valence-electron chi connectivity index (χ1n) is 18.8. The van der Waals surface area contributed by atoms with E-state index in [2.05, 4.69) is 32.3 Å². The summed E-state index contributed by atoms with van der Waals surface area (Å²) < 4.78 is 98.5. The number of piperidine rings is 1. The summed E-state index contributed by atoms with van der Waals surface area (Å²) in [5.41, 5.74) is 1.93. The quantitative estimate of drug-likeness (QED) is 0.0796. The van der Waals surface area contributed by atoms with Gasteiger partial charge >= 0.3 is 30.4 Å². The van der Waals surface area contributed by atoms with Crippen LogP contribution in [0.5, 0.6) is 5.75 Å². The number of alkyl halides is 8. The maximum Gasteiger partial charge on any atom is 0.490 e. The van der Waals surface area contributed by atoms with Gasteiger partial charge in [-0.15, -0.1) is 11.3 Å². The number of carbonyl (C=O) groups is 3. The zero-order valence-electron chi connectivity index (χ0n) is 33.0. The smallest absolute Gasteiger partial charge is 0.490 e. The molecule has 0 aliphatic carbocycles. The van der Waals surface area contributed by atoms with Crippen LogP contribution in [0.4, 0.5) is 35.1 Å². The van der Waals surface area contributed by atoms with Crippen molar-refractivity contribution in [2.45, 2.75) is 75.7 Å². The van der Waals surface area contributed by atoms with E-state index < -0.39 is 54.6 Å². The number of halogens is 8. The Bertz CT molecular complexity index is 2220. The van der Waals surface area contributed by atoms with Gasteiger partial charge in [-0.2, -0.15) is 35.1 Å². The summed E-state index contributed by atoms with van der Waals surface area (Å²) in [6.07, 6.45) is -12.9. The molecular formula is C39H43F8N5O9S. The van der Waals surface area contributed by atoms with Crippen LogP contribution in [-0.2, 0) is 27.3 Å². The summed E-state index contributed by atoms with van der Waals surface area (Å²) in [5, 5.41) is 41.5. The van der Waals surface area contributed by atoms with Gasteiger partial charge in [0.1, 0.15) is 18.0 Å². The van der Waals surface area contributed by atoms with Crippen LogP contribution in [0.1, 0.15) is 70.9 Å². The zero-order chi connectivity index (χ0) is 46.2. The van der Waals surface area contributed by atoms with Gasteiger partial charge in [-0.3, -0.25) is 14.5 Å². The molecule has 0 radical (unpaired) electrons. The Morgan fingerprint density at radius 2 is 1.56 bits per heavy atom. The van der Waals surface area contributed by atoms with Crippen molar-refractivity contribution in [2.24, 2.45) is 0 Å². The summed E-state index contributed by atoms with van der Waals surface area (Å²) in [7, 11) is 0. The van der Waals surface area contributed by atoms with Crippen molar-refractivity contribution in [1.82, 2.24) is 25.1 Å². The number of amides is 1. The summed E-state index contributed by atoms with van der Waals surface area (Å²) >= 11 is 1.37. The molecular weight excluding hydrogens is 867 g/mol. The Kier molecular flexibility index (Phi) is 16.2. The molecule has 1 amide bonds. The predicted molar refractivity (Wildman–Crippen MR) is 207 cm³/mol. The van der Waals surface area contributed by atoms with Gasteiger partial charge in [0, 0.05) is 48.9 Å². The molecule has 2 aliphatic heterocycles. The first-order chi connectivity index (χ1) is 28.8. The molecule has 0 bridgehead atoms. The highest BCUT2D eigenvalue weighted by atomic mass is 32.1. The molecule has 4 heterocycles. The number of ether oxygens (including phenoxy) is 1. The van der Waals surface area contributed by atoms with E-state index in [0.29, 0.717) is 62.0 Å². The van der Waals surface area contributed by atoms with Crippen molar-refractivity contribution in [3.8, 4) is 5.75 Å². The number of aliphatic hydroxyl groups is 1. The van der Waals surface area contributed by atoms with E-state index in [0.717, 1.165) is 22.6 Å². The number of pyridine rings is 1. The average Bonchev–Trinajstić information content (AvgIpc) is 3.68. The molecule has 1 spiro atoms. The molecule has 340 valence electrons. The van der Waals surface area contributed by atoms with Gasteiger partial charge in [0.05, 0.1) is 28.8 Å². The first-order valence-corrected chi connectivity index (χ1v) is 19.6. The number of phenols is 1. The summed E-state index contributed by atoms with van der Waals surface area (Å²) in [4.78, 5) is 53.1. The van der Waals surface area contributed by atoms with Crippen LogP contribution < -0.4 is 10.9 Å². The number of nitrogens with one attached hydrogen (secondary N) is 2. The van der Waals surface area contributed by atoms with Crippen LogP contribution in [0.25, 0.3) is 10.9 Å². The maximum absolute atomic E-state index is 14.8. The SMILES string of the molecule is CC(C)c1nc(C(=O)N2CC(F)(F)OC3(CCN(Cc4cccc(CCNC[C@H](O)c5ccc(O)c6[nH]c(=O)ccc56)c4)CC3)C2)cs1.O=C(O)C(F)(F)F.O=C(O)C(F)(F)F. The number of morpholine rings is 1. The molecule has 62 heavy (non-hydrogen) atoms. The van der Waals surface area contributed by atoms with Gasteiger partial charge in [-0.25, -0.2) is 14.6 Å². The number of thiazole rings is 1. The summed E-state index contributed by atoms with van der Waals surface area (Å²) in [6.45, 7) is 6.02. The monoisotopic (exact) mass is 909 g/mol. The Morgan fingerprint density at radius 3 is 2.15 bits per heavy atom. The Morgan fingerprint density at radius 1 is 0.952 bits per heavy atom. The minimum Gasteiger partial charge on any atom is -0.506 e. The number of carboxylic acid groups (broad SMARTS) is 2. The van der Waals surface area contributed by atoms with Crippen molar-refractivity contribution < 1.29 is 74.7 Å². The molecule has 0 saturated carbocycles. The van der Waals surface area contributed by atoms with E-state index >= 15 is 0 Å². The lowest BCUT2D eigenvalue weighted by atomic mass is 9.88. The third-order valence-electron chi connectivity index (χ3n) is 9.59. The third-order valence-corrected chi connectivity index (χ3v) is 10.7. The van der Waals surface area contributed by atoms with Gasteiger partial charge < -0.3 is 40.4 Å². The minimum atomic E-state index is -5.08. The van der Waals surface area contributed by atoms with Crippen molar-refractivity contribution in [3.05, 3.63) is 91.7 Å².